The van der Waals surface area contributed by atoms with Gasteiger partial charge in [0.15, 0.2) is 5.83 Å². The van der Waals surface area contributed by atoms with Crippen LogP contribution in [-0.4, -0.2) is 0 Å². The number of alkyl halides is 3. The van der Waals surface area contributed by atoms with E-state index in [2.05, 4.69) is 0 Å². The molecule has 0 N–H and O–H groups in total. The van der Waals surface area contributed by atoms with Crippen molar-refractivity contribution in [3.8, 4) is 22.3 Å². The molecule has 0 spiro atoms. The maximum atomic E-state index is 15.2. The molecule has 11 heteroatoms. The average molecular weight is 671 g/mol. The Morgan fingerprint density at radius 3 is 1.70 bits per heavy atom. The first-order valence-electron chi connectivity index (χ1n) is 14.9. The summed E-state index contributed by atoms with van der Waals surface area (Å²) in [7, 11) is 0. The van der Waals surface area contributed by atoms with Crippen LogP contribution in [0.15, 0.2) is 66.5 Å². The smallest absolute Gasteiger partial charge is 0.209 e. The minimum absolute atomic E-state index is 0.0182. The first-order valence-corrected chi connectivity index (χ1v) is 14.9. The monoisotopic (exact) mass is 670 g/mol. The van der Waals surface area contributed by atoms with Gasteiger partial charge in [-0.05, 0) is 72.4 Å². The van der Waals surface area contributed by atoms with Crippen LogP contribution < -0.4 is 0 Å². The molecule has 47 heavy (non-hydrogen) atoms. The molecule has 0 aromatic heterocycles. The second kappa shape index (κ2) is 15.2. The third kappa shape index (κ3) is 8.61. The summed E-state index contributed by atoms with van der Waals surface area (Å²) in [5.74, 6) is -10.1. The SMILES string of the molecule is CCCCCCC/C(F)=C(\F)c1ccc(-c2ccc(-c3cc(F)c(CCc4cc(F)c(C(F)(F)F)c(F)c4)c(F)c3)c(F)c2)c(F)c1. The molecule has 0 unspecified atom stereocenters. The van der Waals surface area contributed by atoms with Crippen LogP contribution >= 0.6 is 0 Å². The molecule has 0 amide bonds. The number of rotatable bonds is 12. The van der Waals surface area contributed by atoms with Crippen LogP contribution in [0.5, 0.6) is 0 Å². The van der Waals surface area contributed by atoms with Gasteiger partial charge in [0.2, 0.25) is 0 Å². The minimum Gasteiger partial charge on any atom is -0.209 e. The van der Waals surface area contributed by atoms with Crippen LogP contribution in [0.4, 0.5) is 48.3 Å². The highest BCUT2D eigenvalue weighted by Gasteiger charge is 2.37. The number of unbranched alkanes of at least 4 members (excludes halogenated alkanes) is 4. The Morgan fingerprint density at radius 2 is 1.13 bits per heavy atom. The second-order valence-corrected chi connectivity index (χ2v) is 11.1. The number of hydrogen-bond acceptors (Lipinski definition) is 0. The number of aryl methyl sites for hydroxylation is 1. The molecule has 0 saturated carbocycles. The third-order valence-electron chi connectivity index (χ3n) is 7.74. The van der Waals surface area contributed by atoms with Gasteiger partial charge in [-0.1, -0.05) is 56.9 Å². The quantitative estimate of drug-likeness (QED) is 0.104. The fourth-order valence-corrected chi connectivity index (χ4v) is 5.26. The highest BCUT2D eigenvalue weighted by molar-refractivity contribution is 5.73. The van der Waals surface area contributed by atoms with Crippen molar-refractivity contribution in [3.05, 3.63) is 124 Å². The summed E-state index contributed by atoms with van der Waals surface area (Å²) in [6.45, 7) is 2.03. The van der Waals surface area contributed by atoms with Gasteiger partial charge in [0.25, 0.3) is 0 Å². The lowest BCUT2D eigenvalue weighted by atomic mass is 9.96. The molecule has 0 radical (unpaired) electrons. The van der Waals surface area contributed by atoms with Crippen molar-refractivity contribution in [2.75, 3.05) is 0 Å². The highest BCUT2D eigenvalue weighted by atomic mass is 19.4. The van der Waals surface area contributed by atoms with E-state index in [1.807, 2.05) is 6.92 Å². The van der Waals surface area contributed by atoms with Gasteiger partial charge < -0.3 is 0 Å². The number of allylic oxidation sites excluding steroid dienone is 1. The van der Waals surface area contributed by atoms with Crippen molar-refractivity contribution in [1.82, 2.24) is 0 Å². The van der Waals surface area contributed by atoms with Crippen molar-refractivity contribution >= 4 is 5.83 Å². The van der Waals surface area contributed by atoms with E-state index in [0.29, 0.717) is 18.6 Å². The molecule has 250 valence electrons. The molecule has 0 heterocycles. The largest absolute Gasteiger partial charge is 0.422 e. The van der Waals surface area contributed by atoms with Crippen molar-refractivity contribution in [3.63, 3.8) is 0 Å². The van der Waals surface area contributed by atoms with Crippen molar-refractivity contribution < 1.29 is 48.3 Å². The molecular weight excluding hydrogens is 641 g/mol. The fraction of sp³-hybridized carbons (Fsp3) is 0.278. The number of benzene rings is 4. The number of halogens is 11. The van der Waals surface area contributed by atoms with Gasteiger partial charge in [0.05, 0.1) is 0 Å². The van der Waals surface area contributed by atoms with Gasteiger partial charge in [0.1, 0.15) is 46.3 Å². The van der Waals surface area contributed by atoms with Gasteiger partial charge in [0, 0.05) is 28.7 Å². The lowest BCUT2D eigenvalue weighted by Gasteiger charge is -2.13. The lowest BCUT2D eigenvalue weighted by molar-refractivity contribution is -0.142. The van der Waals surface area contributed by atoms with Gasteiger partial charge >= 0.3 is 6.18 Å². The topological polar surface area (TPSA) is 0 Å². The Kier molecular flexibility index (Phi) is 11.5. The Balaban J connectivity index is 1.50. The van der Waals surface area contributed by atoms with E-state index in [1.165, 1.54) is 6.07 Å². The number of hydrogen-bond donors (Lipinski definition) is 0. The lowest BCUT2D eigenvalue weighted by Crippen LogP contribution is -2.12. The standard InChI is InChI=1S/C36H29F11/c1-2-3-4-5-6-7-27(37)35(44)22-10-13-24(29(39)17-22)21-9-12-25(28(38)16-21)23-18-30(40)26(31(41)19-23)11-8-20-14-32(42)34(33(43)15-20)36(45,46)47/h9-10,12-19H,2-8,11H2,1H3/b35-27+. The molecule has 0 aliphatic heterocycles. The molecule has 0 saturated heterocycles. The van der Waals surface area contributed by atoms with E-state index in [0.717, 1.165) is 68.1 Å². The van der Waals surface area contributed by atoms with Crippen LogP contribution in [0.25, 0.3) is 28.1 Å². The highest BCUT2D eigenvalue weighted by Crippen LogP contribution is 2.36. The molecule has 4 aromatic carbocycles. The average Bonchev–Trinajstić information content (AvgIpc) is 2.98. The van der Waals surface area contributed by atoms with Crippen LogP contribution in [0.1, 0.15) is 67.7 Å². The Bertz CT molecular complexity index is 1720. The van der Waals surface area contributed by atoms with E-state index in [9.17, 15) is 43.9 Å². The summed E-state index contributed by atoms with van der Waals surface area (Å²) in [4.78, 5) is 0. The molecule has 0 atom stereocenters. The van der Waals surface area contributed by atoms with Gasteiger partial charge in [-0.15, -0.1) is 0 Å². The van der Waals surface area contributed by atoms with E-state index in [4.69, 9.17) is 0 Å². The van der Waals surface area contributed by atoms with Crippen LogP contribution in [-0.2, 0) is 19.0 Å². The van der Waals surface area contributed by atoms with Crippen molar-refractivity contribution in [2.45, 2.75) is 64.5 Å². The maximum absolute atomic E-state index is 15.2. The molecule has 0 aliphatic rings. The van der Waals surface area contributed by atoms with Crippen LogP contribution in [0.2, 0.25) is 0 Å². The molecule has 0 fully saturated rings. The summed E-state index contributed by atoms with van der Waals surface area (Å²) in [6, 6.07) is 8.95. The normalized spacial score (nSPS) is 12.4. The predicted octanol–water partition coefficient (Wildman–Crippen LogP) is 12.6. The molecule has 4 rings (SSSR count). The van der Waals surface area contributed by atoms with E-state index >= 15 is 4.39 Å². The Labute approximate surface area is 264 Å². The van der Waals surface area contributed by atoms with Gasteiger partial charge in [-0.2, -0.15) is 13.2 Å². The molecule has 0 aliphatic carbocycles. The Hall–Kier alpha value is -4.15. The maximum Gasteiger partial charge on any atom is 0.422 e. The molecule has 4 aromatic rings. The molecular formula is C36H29F11. The zero-order valence-corrected chi connectivity index (χ0v) is 25.1. The zero-order valence-electron chi connectivity index (χ0n) is 25.1. The fourth-order valence-electron chi connectivity index (χ4n) is 5.26. The predicted molar refractivity (Wildman–Crippen MR) is 158 cm³/mol. The van der Waals surface area contributed by atoms with E-state index in [-0.39, 0.29) is 39.8 Å². The van der Waals surface area contributed by atoms with Gasteiger partial charge in [-0.25, -0.2) is 35.1 Å². The zero-order chi connectivity index (χ0) is 34.5. The molecule has 0 bridgehead atoms. The first-order chi connectivity index (χ1) is 22.2. The van der Waals surface area contributed by atoms with Crippen molar-refractivity contribution in [2.24, 2.45) is 0 Å². The van der Waals surface area contributed by atoms with E-state index < -0.39 is 76.7 Å². The van der Waals surface area contributed by atoms with Crippen LogP contribution in [0.3, 0.4) is 0 Å². The Morgan fingerprint density at radius 1 is 0.574 bits per heavy atom. The summed E-state index contributed by atoms with van der Waals surface area (Å²) in [6.07, 6.45) is -2.17. The van der Waals surface area contributed by atoms with Crippen molar-refractivity contribution in [1.29, 1.82) is 0 Å². The third-order valence-corrected chi connectivity index (χ3v) is 7.74. The second-order valence-electron chi connectivity index (χ2n) is 11.1. The van der Waals surface area contributed by atoms with E-state index in [1.54, 1.807) is 0 Å². The molecule has 0 nitrogen and oxygen atoms in total. The van der Waals surface area contributed by atoms with Gasteiger partial charge in [-0.3, -0.25) is 0 Å². The summed E-state index contributed by atoms with van der Waals surface area (Å²) < 4.78 is 155. The van der Waals surface area contributed by atoms with Crippen LogP contribution in [0, 0.1) is 34.9 Å². The summed E-state index contributed by atoms with van der Waals surface area (Å²) in [5.41, 5.74) is -3.78. The minimum atomic E-state index is -5.27. The first kappa shape index (κ1) is 35.7. The summed E-state index contributed by atoms with van der Waals surface area (Å²) in [5, 5.41) is 0. The summed E-state index contributed by atoms with van der Waals surface area (Å²) >= 11 is 0.